The molecule has 256 valence electrons. The molecule has 0 aliphatic carbocycles. The number of thiol groups is 1. The Balaban J connectivity index is 1.48. The summed E-state index contributed by atoms with van der Waals surface area (Å²) in [6, 6.07) is 40.2. The molecule has 0 aliphatic heterocycles. The van der Waals surface area contributed by atoms with Crippen molar-refractivity contribution in [1.29, 1.82) is 0 Å². The molecular formula is C40H37ClN2O5S2. The van der Waals surface area contributed by atoms with Crippen LogP contribution >= 0.6 is 23.4 Å². The van der Waals surface area contributed by atoms with Gasteiger partial charge in [0.15, 0.2) is 0 Å². The van der Waals surface area contributed by atoms with Gasteiger partial charge in [-0.1, -0.05) is 96.5 Å². The number of nitrogens with zero attached hydrogens (tertiary/aromatic N) is 1. The van der Waals surface area contributed by atoms with Gasteiger partial charge in [0, 0.05) is 45.6 Å². The number of aryl methyl sites for hydroxylation is 1. The zero-order chi connectivity index (χ0) is 35.0. The maximum absolute atomic E-state index is 12.3. The number of ether oxygens (including phenoxy) is 1. The van der Waals surface area contributed by atoms with Crippen molar-refractivity contribution in [2.45, 2.75) is 36.7 Å². The first-order valence-corrected chi connectivity index (χ1v) is 18.8. The van der Waals surface area contributed by atoms with Crippen LogP contribution < -0.4 is 9.46 Å². The van der Waals surface area contributed by atoms with Crippen molar-refractivity contribution >= 4 is 51.1 Å². The molecule has 6 aromatic rings. The monoisotopic (exact) mass is 724 g/mol. The third kappa shape index (κ3) is 8.42. The smallest absolute Gasteiger partial charge is 0.335 e. The number of fused-ring (bicyclic) bond motifs is 1. The standard InChI is InChI=1S/C40H37ClN2O5S2/c1-27-10-8-9-15-38(27)49-26-32(42-50(46)47)25-37-35(22-23-48-33-19-16-30(17-20-33)40(44)45)34-21-18-31(41)24-36(34)43(37)39(28-11-4-2-5-12-28)29-13-6-3-7-14-29/h2-21,24,32,39,50H,22-23,25-26H2,1H3,(H,44,45)(H,42,46,47). The number of aromatic nitrogens is 1. The van der Waals surface area contributed by atoms with Gasteiger partial charge in [-0.05, 0) is 71.6 Å². The van der Waals surface area contributed by atoms with Crippen molar-refractivity contribution in [2.75, 3.05) is 12.4 Å². The molecule has 0 amide bonds. The Labute approximate surface area is 303 Å². The largest absolute Gasteiger partial charge is 0.493 e. The second-order valence-electron chi connectivity index (χ2n) is 12.0. The summed E-state index contributed by atoms with van der Waals surface area (Å²) in [5, 5.41) is 10.9. The number of halogens is 1. The lowest BCUT2D eigenvalue weighted by atomic mass is 9.97. The molecule has 1 heterocycles. The number of rotatable bonds is 15. The van der Waals surface area contributed by atoms with Crippen LogP contribution in [-0.4, -0.2) is 42.5 Å². The van der Waals surface area contributed by atoms with E-state index >= 15 is 0 Å². The minimum absolute atomic E-state index is 0.186. The molecule has 0 bridgehead atoms. The van der Waals surface area contributed by atoms with Crippen molar-refractivity contribution in [2.24, 2.45) is 0 Å². The lowest BCUT2D eigenvalue weighted by molar-refractivity contribution is 0.0697. The third-order valence-electron chi connectivity index (χ3n) is 8.66. The van der Waals surface area contributed by atoms with E-state index in [0.717, 1.165) is 43.7 Å². The second-order valence-corrected chi connectivity index (χ2v) is 14.2. The first-order valence-electron chi connectivity index (χ1n) is 16.2. The van der Waals surface area contributed by atoms with E-state index in [9.17, 15) is 18.3 Å². The molecule has 10 heteroatoms. The van der Waals surface area contributed by atoms with E-state index in [1.165, 1.54) is 12.1 Å². The van der Waals surface area contributed by atoms with Crippen LogP contribution in [0.5, 0.6) is 5.75 Å². The quantitative estimate of drug-likeness (QED) is 0.0728. The number of hydrogen-bond acceptors (Lipinski definition) is 5. The van der Waals surface area contributed by atoms with E-state index in [1.807, 2.05) is 66.7 Å². The van der Waals surface area contributed by atoms with Crippen LogP contribution in [0.2, 0.25) is 5.02 Å². The molecule has 2 N–H and O–H groups in total. The molecule has 0 fully saturated rings. The average molecular weight is 725 g/mol. The van der Waals surface area contributed by atoms with Gasteiger partial charge in [-0.15, -0.1) is 11.8 Å². The first kappa shape index (κ1) is 35.3. The fourth-order valence-electron chi connectivity index (χ4n) is 6.36. The minimum atomic E-state index is -2.88. The highest BCUT2D eigenvalue weighted by Gasteiger charge is 2.28. The summed E-state index contributed by atoms with van der Waals surface area (Å²) in [5.74, 6) is 0.0823. The fourth-order valence-corrected chi connectivity index (χ4v) is 8.18. The van der Waals surface area contributed by atoms with Crippen LogP contribution in [0.15, 0.2) is 132 Å². The molecule has 0 aliphatic rings. The predicted octanol–water partition coefficient (Wildman–Crippen LogP) is 8.38. The second kappa shape index (κ2) is 16.4. The number of hydrogen-bond donors (Lipinski definition) is 3. The van der Waals surface area contributed by atoms with Gasteiger partial charge in [-0.3, -0.25) is 0 Å². The van der Waals surface area contributed by atoms with E-state index in [-0.39, 0.29) is 11.6 Å². The number of benzene rings is 5. The highest BCUT2D eigenvalue weighted by molar-refractivity contribution is 7.99. The molecule has 0 spiro atoms. The Hall–Kier alpha value is -4.54. The highest BCUT2D eigenvalue weighted by atomic mass is 35.5. The van der Waals surface area contributed by atoms with Crippen LogP contribution in [0.1, 0.15) is 44.3 Å². The summed E-state index contributed by atoms with van der Waals surface area (Å²) in [5.41, 5.74) is 6.41. The van der Waals surface area contributed by atoms with E-state index in [4.69, 9.17) is 16.3 Å². The molecule has 6 rings (SSSR count). The molecule has 1 unspecified atom stereocenters. The maximum Gasteiger partial charge on any atom is 0.335 e. The van der Waals surface area contributed by atoms with Crippen LogP contribution in [-0.2, 0) is 23.7 Å². The fraction of sp³-hybridized carbons (Fsp3) is 0.175. The minimum Gasteiger partial charge on any atom is -0.493 e. The summed E-state index contributed by atoms with van der Waals surface area (Å²) in [6.45, 7) is 2.37. The molecule has 0 saturated carbocycles. The molecule has 1 aromatic heterocycles. The molecule has 1 atom stereocenters. The zero-order valence-corrected chi connectivity index (χ0v) is 29.8. The van der Waals surface area contributed by atoms with Gasteiger partial charge in [-0.2, -0.15) is 0 Å². The Morgan fingerprint density at radius 2 is 1.52 bits per heavy atom. The number of carboxylic acid groups (broad SMARTS) is 1. The molecule has 0 saturated heterocycles. The summed E-state index contributed by atoms with van der Waals surface area (Å²) in [6.07, 6.45) is 0.923. The van der Waals surface area contributed by atoms with E-state index in [1.54, 1.807) is 23.9 Å². The number of nitrogens with one attached hydrogen (secondary N) is 1. The first-order chi connectivity index (χ1) is 24.3. The zero-order valence-electron chi connectivity index (χ0n) is 27.4. The molecule has 50 heavy (non-hydrogen) atoms. The van der Waals surface area contributed by atoms with Crippen molar-refractivity contribution in [1.82, 2.24) is 9.29 Å². The van der Waals surface area contributed by atoms with Crippen LogP contribution in [0, 0.1) is 6.92 Å². The highest BCUT2D eigenvalue weighted by Crippen LogP contribution is 2.38. The van der Waals surface area contributed by atoms with Gasteiger partial charge in [0.05, 0.1) is 23.7 Å². The Bertz CT molecular complexity index is 2110. The van der Waals surface area contributed by atoms with E-state index < -0.39 is 22.9 Å². The van der Waals surface area contributed by atoms with Crippen LogP contribution in [0.25, 0.3) is 10.9 Å². The number of carbonyl (C=O) groups is 1. The topological polar surface area (TPSA) is 97.6 Å². The van der Waals surface area contributed by atoms with Crippen molar-refractivity contribution < 1.29 is 23.1 Å². The Morgan fingerprint density at radius 3 is 2.14 bits per heavy atom. The van der Waals surface area contributed by atoms with Crippen molar-refractivity contribution in [3.8, 4) is 5.75 Å². The SMILES string of the molecule is Cc1ccccc1SCC(Cc1c(CCOc2ccc(C(=O)O)cc2)c2ccc(Cl)cc2n1C(c1ccccc1)c1ccccc1)N[SH](=O)=O. The molecule has 7 nitrogen and oxygen atoms in total. The predicted molar refractivity (Wildman–Crippen MR) is 203 cm³/mol. The summed E-state index contributed by atoms with van der Waals surface area (Å²) >= 11 is 8.33. The van der Waals surface area contributed by atoms with Crippen molar-refractivity contribution in [3.63, 3.8) is 0 Å². The van der Waals surface area contributed by atoms with Crippen LogP contribution in [0.4, 0.5) is 0 Å². The number of thioether (sulfide) groups is 1. The van der Waals surface area contributed by atoms with Crippen LogP contribution in [0.3, 0.4) is 0 Å². The average Bonchev–Trinajstić information content (AvgIpc) is 3.40. The van der Waals surface area contributed by atoms with E-state index in [2.05, 4.69) is 52.6 Å². The summed E-state index contributed by atoms with van der Waals surface area (Å²) in [4.78, 5) is 12.5. The van der Waals surface area contributed by atoms with Gasteiger partial charge in [0.25, 0.3) is 0 Å². The maximum atomic E-state index is 12.3. The van der Waals surface area contributed by atoms with Gasteiger partial charge in [-0.25, -0.2) is 17.9 Å². The van der Waals surface area contributed by atoms with Gasteiger partial charge in [0.2, 0.25) is 10.9 Å². The van der Waals surface area contributed by atoms with Crippen molar-refractivity contribution in [3.05, 3.63) is 166 Å². The van der Waals surface area contributed by atoms with E-state index in [0.29, 0.717) is 36.0 Å². The van der Waals surface area contributed by atoms with Gasteiger partial charge < -0.3 is 14.4 Å². The molecular weight excluding hydrogens is 688 g/mol. The Morgan fingerprint density at radius 1 is 0.880 bits per heavy atom. The summed E-state index contributed by atoms with van der Waals surface area (Å²) in [7, 11) is -2.88. The summed E-state index contributed by atoms with van der Waals surface area (Å²) < 4.78 is 35.9. The molecule has 5 aromatic carbocycles. The third-order valence-corrected chi connectivity index (χ3v) is 10.8. The Kier molecular flexibility index (Phi) is 11.6. The van der Waals surface area contributed by atoms with Gasteiger partial charge >= 0.3 is 5.97 Å². The number of aromatic carboxylic acids is 1. The normalized spacial score (nSPS) is 12.1. The number of carboxylic acids is 1. The molecule has 0 radical (unpaired) electrons. The lowest BCUT2D eigenvalue weighted by Gasteiger charge is -2.26. The van der Waals surface area contributed by atoms with Gasteiger partial charge in [0.1, 0.15) is 5.75 Å². The lowest BCUT2D eigenvalue weighted by Crippen LogP contribution is -2.34.